The summed E-state index contributed by atoms with van der Waals surface area (Å²) in [6, 6.07) is 14.2. The Morgan fingerprint density at radius 3 is 1.39 bits per heavy atom. The third kappa shape index (κ3) is 3.00. The molecule has 0 atom stereocenters. The Labute approximate surface area is 135 Å². The third-order valence-corrected chi connectivity index (χ3v) is 3.77. The molecule has 0 amide bonds. The summed E-state index contributed by atoms with van der Waals surface area (Å²) in [5.41, 5.74) is -0.0524. The first kappa shape index (κ1) is 16.8. The SMILES string of the molecule is COC(=O)C(OC)(c1ccc(OC)cc1)c1ccc(OC)cc1. The van der Waals surface area contributed by atoms with Gasteiger partial charge in [-0.05, 0) is 35.4 Å². The number of methoxy groups -OCH3 is 4. The van der Waals surface area contributed by atoms with Crippen LogP contribution in [0.3, 0.4) is 0 Å². The standard InChI is InChI=1S/C18H20O5/c1-20-15-9-5-13(6-10-15)18(23-4,17(19)22-3)14-7-11-16(21-2)12-8-14/h5-12H,1-4H3. The number of rotatable bonds is 6. The van der Waals surface area contributed by atoms with E-state index in [0.29, 0.717) is 22.6 Å². The third-order valence-electron chi connectivity index (χ3n) is 3.77. The molecule has 0 N–H and O–H groups in total. The average molecular weight is 316 g/mol. The van der Waals surface area contributed by atoms with Crippen LogP contribution in [-0.4, -0.2) is 34.4 Å². The van der Waals surface area contributed by atoms with Gasteiger partial charge in [0.25, 0.3) is 0 Å². The van der Waals surface area contributed by atoms with E-state index in [1.54, 1.807) is 62.8 Å². The summed E-state index contributed by atoms with van der Waals surface area (Å²) in [6.07, 6.45) is 0. The predicted octanol–water partition coefficient (Wildman–Crippen LogP) is 2.77. The van der Waals surface area contributed by atoms with Crippen molar-refractivity contribution in [3.05, 3.63) is 59.7 Å². The monoisotopic (exact) mass is 316 g/mol. The summed E-state index contributed by atoms with van der Waals surface area (Å²) < 4.78 is 21.0. The Hall–Kier alpha value is -2.53. The highest BCUT2D eigenvalue weighted by atomic mass is 16.6. The molecule has 0 aliphatic carbocycles. The lowest BCUT2D eigenvalue weighted by Crippen LogP contribution is -2.40. The molecule has 0 aromatic heterocycles. The van der Waals surface area contributed by atoms with Gasteiger partial charge in [0.15, 0.2) is 0 Å². The van der Waals surface area contributed by atoms with Crippen LogP contribution in [0.15, 0.2) is 48.5 Å². The maximum Gasteiger partial charge on any atom is 0.347 e. The zero-order valence-electron chi connectivity index (χ0n) is 13.7. The molecule has 2 aromatic carbocycles. The molecule has 2 aromatic rings. The van der Waals surface area contributed by atoms with Gasteiger partial charge in [-0.2, -0.15) is 0 Å². The molecule has 0 aliphatic heterocycles. The number of carbonyl (C=O) groups is 1. The number of esters is 1. The van der Waals surface area contributed by atoms with Crippen LogP contribution in [0.1, 0.15) is 11.1 Å². The van der Waals surface area contributed by atoms with Crippen molar-refractivity contribution in [1.29, 1.82) is 0 Å². The summed E-state index contributed by atoms with van der Waals surface area (Å²) in [7, 11) is 5.99. The minimum atomic E-state index is -1.35. The molecule has 2 rings (SSSR count). The first-order valence-electron chi connectivity index (χ1n) is 7.05. The van der Waals surface area contributed by atoms with Crippen LogP contribution in [0.5, 0.6) is 11.5 Å². The zero-order chi connectivity index (χ0) is 16.9. The molecule has 0 aliphatic rings. The molecular formula is C18H20O5. The first-order chi connectivity index (χ1) is 11.1. The first-order valence-corrected chi connectivity index (χ1v) is 7.05. The summed E-state index contributed by atoms with van der Waals surface area (Å²) in [4.78, 5) is 12.6. The number of hydrogen-bond donors (Lipinski definition) is 0. The van der Waals surface area contributed by atoms with E-state index in [1.165, 1.54) is 14.2 Å². The van der Waals surface area contributed by atoms with Crippen molar-refractivity contribution in [2.45, 2.75) is 5.60 Å². The fourth-order valence-corrected chi connectivity index (χ4v) is 2.52. The highest BCUT2D eigenvalue weighted by molar-refractivity contribution is 5.85. The van der Waals surface area contributed by atoms with Gasteiger partial charge in [-0.3, -0.25) is 0 Å². The van der Waals surface area contributed by atoms with Crippen LogP contribution < -0.4 is 9.47 Å². The van der Waals surface area contributed by atoms with Gasteiger partial charge in [0, 0.05) is 7.11 Å². The molecule has 0 fully saturated rings. The summed E-state index contributed by atoms with van der Waals surface area (Å²) in [5.74, 6) is 0.882. The topological polar surface area (TPSA) is 54.0 Å². The molecule has 23 heavy (non-hydrogen) atoms. The van der Waals surface area contributed by atoms with Gasteiger partial charge in [0.05, 0.1) is 21.3 Å². The summed E-state index contributed by atoms with van der Waals surface area (Å²) in [6.45, 7) is 0. The van der Waals surface area contributed by atoms with Crippen LogP contribution in [-0.2, 0) is 19.9 Å². The van der Waals surface area contributed by atoms with Gasteiger partial charge in [0.2, 0.25) is 5.60 Å². The largest absolute Gasteiger partial charge is 0.497 e. The Bertz CT molecular complexity index is 599. The van der Waals surface area contributed by atoms with Gasteiger partial charge in [-0.25, -0.2) is 4.79 Å². The molecule has 122 valence electrons. The lowest BCUT2D eigenvalue weighted by molar-refractivity contribution is -0.162. The predicted molar refractivity (Wildman–Crippen MR) is 85.8 cm³/mol. The number of ether oxygens (including phenoxy) is 4. The number of hydrogen-bond acceptors (Lipinski definition) is 5. The van der Waals surface area contributed by atoms with E-state index < -0.39 is 11.6 Å². The highest BCUT2D eigenvalue weighted by Gasteiger charge is 2.43. The molecule has 5 nitrogen and oxygen atoms in total. The van der Waals surface area contributed by atoms with Crippen LogP contribution in [0, 0.1) is 0 Å². The summed E-state index contributed by atoms with van der Waals surface area (Å²) >= 11 is 0. The van der Waals surface area contributed by atoms with Crippen LogP contribution in [0.25, 0.3) is 0 Å². The van der Waals surface area contributed by atoms with Crippen LogP contribution >= 0.6 is 0 Å². The highest BCUT2D eigenvalue weighted by Crippen LogP contribution is 2.36. The molecule has 0 bridgehead atoms. The van der Waals surface area contributed by atoms with E-state index in [0.717, 1.165) is 0 Å². The second-order valence-corrected chi connectivity index (χ2v) is 4.83. The molecule has 0 unspecified atom stereocenters. The molecule has 0 saturated heterocycles. The lowest BCUT2D eigenvalue weighted by Gasteiger charge is -2.30. The molecule has 0 heterocycles. The smallest absolute Gasteiger partial charge is 0.347 e. The Kier molecular flexibility index (Phi) is 5.24. The van der Waals surface area contributed by atoms with E-state index in [-0.39, 0.29) is 0 Å². The molecule has 0 saturated carbocycles. The van der Waals surface area contributed by atoms with Gasteiger partial charge < -0.3 is 18.9 Å². The van der Waals surface area contributed by atoms with Crippen molar-refractivity contribution < 1.29 is 23.7 Å². The molecule has 5 heteroatoms. The van der Waals surface area contributed by atoms with Crippen molar-refractivity contribution >= 4 is 5.97 Å². The van der Waals surface area contributed by atoms with Gasteiger partial charge in [-0.1, -0.05) is 24.3 Å². The van der Waals surface area contributed by atoms with Crippen LogP contribution in [0.4, 0.5) is 0 Å². The van der Waals surface area contributed by atoms with E-state index in [9.17, 15) is 4.79 Å². The van der Waals surface area contributed by atoms with Crippen molar-refractivity contribution in [2.24, 2.45) is 0 Å². The van der Waals surface area contributed by atoms with Crippen molar-refractivity contribution in [3.8, 4) is 11.5 Å². The number of benzene rings is 2. The fraction of sp³-hybridized carbons (Fsp3) is 0.278. The Morgan fingerprint density at radius 2 is 1.13 bits per heavy atom. The van der Waals surface area contributed by atoms with Gasteiger partial charge >= 0.3 is 5.97 Å². The minimum Gasteiger partial charge on any atom is -0.497 e. The summed E-state index contributed by atoms with van der Waals surface area (Å²) in [5, 5.41) is 0. The molecule has 0 radical (unpaired) electrons. The average Bonchev–Trinajstić information content (AvgIpc) is 2.63. The van der Waals surface area contributed by atoms with E-state index in [1.807, 2.05) is 0 Å². The van der Waals surface area contributed by atoms with E-state index in [4.69, 9.17) is 18.9 Å². The Balaban J connectivity index is 2.60. The quantitative estimate of drug-likeness (QED) is 0.767. The molecule has 0 spiro atoms. The zero-order valence-corrected chi connectivity index (χ0v) is 13.7. The maximum absolute atomic E-state index is 12.6. The Morgan fingerprint density at radius 1 is 0.739 bits per heavy atom. The lowest BCUT2D eigenvalue weighted by atomic mass is 9.86. The van der Waals surface area contributed by atoms with Gasteiger partial charge in [0.1, 0.15) is 11.5 Å². The number of carbonyl (C=O) groups excluding carboxylic acids is 1. The van der Waals surface area contributed by atoms with Crippen molar-refractivity contribution in [3.63, 3.8) is 0 Å². The van der Waals surface area contributed by atoms with E-state index >= 15 is 0 Å². The normalized spacial score (nSPS) is 11.0. The minimum absolute atomic E-state index is 0.504. The second-order valence-electron chi connectivity index (χ2n) is 4.83. The van der Waals surface area contributed by atoms with E-state index in [2.05, 4.69) is 0 Å². The maximum atomic E-state index is 12.6. The molecular weight excluding hydrogens is 296 g/mol. The van der Waals surface area contributed by atoms with Crippen LogP contribution in [0.2, 0.25) is 0 Å². The second kappa shape index (κ2) is 7.15. The van der Waals surface area contributed by atoms with Crippen molar-refractivity contribution in [1.82, 2.24) is 0 Å². The van der Waals surface area contributed by atoms with Crippen molar-refractivity contribution in [2.75, 3.05) is 28.4 Å². The van der Waals surface area contributed by atoms with Gasteiger partial charge in [-0.15, -0.1) is 0 Å². The fourth-order valence-electron chi connectivity index (χ4n) is 2.52.